The predicted molar refractivity (Wildman–Crippen MR) is 56.9 cm³/mol. The van der Waals surface area contributed by atoms with Crippen LogP contribution in [0.2, 0.25) is 0 Å². The Morgan fingerprint density at radius 3 is 2.71 bits per heavy atom. The molecule has 3 N–H and O–H groups in total. The van der Waals surface area contributed by atoms with E-state index in [1.165, 1.54) is 0 Å². The maximum absolute atomic E-state index is 11.4. The maximum atomic E-state index is 11.4. The van der Waals surface area contributed by atoms with Gasteiger partial charge < -0.3 is 11.1 Å². The lowest BCUT2D eigenvalue weighted by Gasteiger charge is -2.41. The van der Waals surface area contributed by atoms with Crippen molar-refractivity contribution in [3.63, 3.8) is 0 Å². The van der Waals surface area contributed by atoms with E-state index in [-0.39, 0.29) is 17.5 Å². The van der Waals surface area contributed by atoms with Gasteiger partial charge in [0.15, 0.2) is 0 Å². The van der Waals surface area contributed by atoms with Crippen molar-refractivity contribution in [3.05, 3.63) is 0 Å². The first-order chi connectivity index (χ1) is 6.43. The van der Waals surface area contributed by atoms with Gasteiger partial charge in [-0.25, -0.2) is 0 Å². The van der Waals surface area contributed by atoms with Crippen molar-refractivity contribution in [3.8, 4) is 0 Å². The predicted octanol–water partition coefficient (Wildman–Crippen LogP) is -0.0659. The molecule has 1 atom stereocenters. The van der Waals surface area contributed by atoms with E-state index in [0.29, 0.717) is 13.1 Å². The van der Waals surface area contributed by atoms with Crippen molar-refractivity contribution in [2.45, 2.75) is 38.8 Å². The van der Waals surface area contributed by atoms with Gasteiger partial charge in [-0.3, -0.25) is 9.69 Å². The molecule has 1 aliphatic rings. The third-order valence-electron chi connectivity index (χ3n) is 2.60. The summed E-state index contributed by atoms with van der Waals surface area (Å²) in [6.07, 6.45) is 0.859. The van der Waals surface area contributed by atoms with Crippen LogP contribution in [0, 0.1) is 0 Å². The van der Waals surface area contributed by atoms with Gasteiger partial charge in [0.05, 0.1) is 6.54 Å². The summed E-state index contributed by atoms with van der Waals surface area (Å²) in [6, 6.07) is 0.223. The lowest BCUT2D eigenvalue weighted by molar-refractivity contribution is -0.127. The second kappa shape index (κ2) is 4.28. The molecule has 1 unspecified atom stereocenters. The first kappa shape index (κ1) is 11.5. The fourth-order valence-corrected chi connectivity index (χ4v) is 1.70. The highest BCUT2D eigenvalue weighted by Gasteiger charge is 2.30. The Balaban J connectivity index is 2.58. The van der Waals surface area contributed by atoms with Gasteiger partial charge in [-0.2, -0.15) is 0 Å². The minimum absolute atomic E-state index is 0.0601. The summed E-state index contributed by atoms with van der Waals surface area (Å²) in [5.41, 5.74) is 5.55. The molecule has 0 aromatic heterocycles. The van der Waals surface area contributed by atoms with Gasteiger partial charge in [-0.1, -0.05) is 0 Å². The second-order valence-corrected chi connectivity index (χ2v) is 4.89. The molecule has 1 amide bonds. The molecule has 4 nitrogen and oxygen atoms in total. The van der Waals surface area contributed by atoms with Crippen molar-refractivity contribution in [2.75, 3.05) is 19.6 Å². The average molecular weight is 199 g/mol. The average Bonchev–Trinajstić information content (AvgIpc) is 2.02. The summed E-state index contributed by atoms with van der Waals surface area (Å²) in [6.45, 7) is 8.43. The van der Waals surface area contributed by atoms with Crippen LogP contribution < -0.4 is 11.1 Å². The quantitative estimate of drug-likeness (QED) is 0.655. The number of rotatable bonds is 2. The van der Waals surface area contributed by atoms with E-state index in [1.807, 2.05) is 0 Å². The molecule has 0 aromatic rings. The topological polar surface area (TPSA) is 58.4 Å². The van der Waals surface area contributed by atoms with Crippen molar-refractivity contribution in [1.29, 1.82) is 0 Å². The maximum Gasteiger partial charge on any atom is 0.234 e. The van der Waals surface area contributed by atoms with Gasteiger partial charge in [0.25, 0.3) is 0 Å². The lowest BCUT2D eigenvalue weighted by atomic mass is 10.0. The van der Waals surface area contributed by atoms with Crippen LogP contribution in [0.3, 0.4) is 0 Å². The van der Waals surface area contributed by atoms with Crippen molar-refractivity contribution in [1.82, 2.24) is 10.2 Å². The molecule has 1 saturated heterocycles. The lowest BCUT2D eigenvalue weighted by Crippen LogP contribution is -2.59. The fraction of sp³-hybridized carbons (Fsp3) is 0.900. The van der Waals surface area contributed by atoms with E-state index in [1.54, 1.807) is 0 Å². The Hall–Kier alpha value is -0.610. The summed E-state index contributed by atoms with van der Waals surface area (Å²) < 4.78 is 0. The van der Waals surface area contributed by atoms with Crippen LogP contribution in [-0.4, -0.2) is 42.0 Å². The van der Waals surface area contributed by atoms with Gasteiger partial charge >= 0.3 is 0 Å². The summed E-state index contributed by atoms with van der Waals surface area (Å²) in [5, 5.41) is 2.96. The Kier molecular flexibility index (Phi) is 3.50. The van der Waals surface area contributed by atoms with E-state index in [0.717, 1.165) is 13.0 Å². The zero-order valence-corrected chi connectivity index (χ0v) is 9.34. The molecule has 0 bridgehead atoms. The first-order valence-electron chi connectivity index (χ1n) is 5.18. The molecule has 0 spiro atoms. The summed E-state index contributed by atoms with van der Waals surface area (Å²) in [7, 11) is 0. The van der Waals surface area contributed by atoms with Gasteiger partial charge in [-0.05, 0) is 33.7 Å². The summed E-state index contributed by atoms with van der Waals surface area (Å²) in [5.74, 6) is 0.115. The number of nitrogens with one attached hydrogen (secondary N) is 1. The number of hydrogen-bond acceptors (Lipinski definition) is 3. The van der Waals surface area contributed by atoms with Crippen molar-refractivity contribution in [2.24, 2.45) is 5.73 Å². The highest BCUT2D eigenvalue weighted by atomic mass is 16.2. The van der Waals surface area contributed by atoms with Crippen LogP contribution >= 0.6 is 0 Å². The highest BCUT2D eigenvalue weighted by molar-refractivity contribution is 5.79. The minimum Gasteiger partial charge on any atom is -0.351 e. The molecule has 1 heterocycles. The van der Waals surface area contributed by atoms with Gasteiger partial charge in [0.2, 0.25) is 5.91 Å². The Morgan fingerprint density at radius 1 is 1.57 bits per heavy atom. The molecule has 0 aliphatic carbocycles. The third-order valence-corrected chi connectivity index (χ3v) is 2.60. The largest absolute Gasteiger partial charge is 0.351 e. The highest BCUT2D eigenvalue weighted by Crippen LogP contribution is 2.16. The van der Waals surface area contributed by atoms with Crippen LogP contribution in [0.15, 0.2) is 0 Å². The van der Waals surface area contributed by atoms with Crippen molar-refractivity contribution < 1.29 is 4.79 Å². The number of nitrogens with zero attached hydrogens (tertiary/aromatic N) is 1. The molecule has 0 aromatic carbocycles. The Labute approximate surface area is 85.8 Å². The standard InChI is InChI=1S/C10H21N3O/c1-10(2,3)13-6-8(4-5-11)12-9(14)7-13/h8H,4-7,11H2,1-3H3,(H,12,14). The molecule has 1 rings (SSSR count). The number of carbonyl (C=O) groups is 1. The van der Waals surface area contributed by atoms with E-state index in [4.69, 9.17) is 5.73 Å². The van der Waals surface area contributed by atoms with Crippen LogP contribution in [0.5, 0.6) is 0 Å². The SMILES string of the molecule is CC(C)(C)N1CC(=O)NC(CCN)C1. The van der Waals surface area contributed by atoms with Crippen molar-refractivity contribution >= 4 is 5.91 Å². The zero-order chi connectivity index (χ0) is 10.8. The number of amides is 1. The molecule has 4 heteroatoms. The Bertz CT molecular complexity index is 210. The number of carbonyl (C=O) groups excluding carboxylic acids is 1. The molecule has 1 fully saturated rings. The normalized spacial score (nSPS) is 24.9. The number of hydrogen-bond donors (Lipinski definition) is 2. The van der Waals surface area contributed by atoms with E-state index in [9.17, 15) is 4.79 Å². The van der Waals surface area contributed by atoms with E-state index < -0.39 is 0 Å². The van der Waals surface area contributed by atoms with Crippen LogP contribution in [0.4, 0.5) is 0 Å². The van der Waals surface area contributed by atoms with E-state index in [2.05, 4.69) is 31.0 Å². The second-order valence-electron chi connectivity index (χ2n) is 4.89. The third kappa shape index (κ3) is 2.96. The number of nitrogens with two attached hydrogens (primary N) is 1. The molecule has 1 aliphatic heterocycles. The molecular weight excluding hydrogens is 178 g/mol. The molecular formula is C10H21N3O. The Morgan fingerprint density at radius 2 is 2.21 bits per heavy atom. The van der Waals surface area contributed by atoms with Gasteiger partial charge in [0.1, 0.15) is 0 Å². The van der Waals surface area contributed by atoms with Crippen LogP contribution in [-0.2, 0) is 4.79 Å². The van der Waals surface area contributed by atoms with E-state index >= 15 is 0 Å². The number of piperazine rings is 1. The molecule has 14 heavy (non-hydrogen) atoms. The summed E-state index contributed by atoms with van der Waals surface area (Å²) >= 11 is 0. The first-order valence-corrected chi connectivity index (χ1v) is 5.18. The fourth-order valence-electron chi connectivity index (χ4n) is 1.70. The minimum atomic E-state index is 0.0601. The van der Waals surface area contributed by atoms with Gasteiger partial charge in [0, 0.05) is 18.1 Å². The van der Waals surface area contributed by atoms with Crippen LogP contribution in [0.25, 0.3) is 0 Å². The monoisotopic (exact) mass is 199 g/mol. The molecule has 0 saturated carbocycles. The van der Waals surface area contributed by atoms with Crippen LogP contribution in [0.1, 0.15) is 27.2 Å². The molecule has 0 radical (unpaired) electrons. The zero-order valence-electron chi connectivity index (χ0n) is 9.34. The molecule has 82 valence electrons. The summed E-state index contributed by atoms with van der Waals surface area (Å²) in [4.78, 5) is 13.6. The van der Waals surface area contributed by atoms with Gasteiger partial charge in [-0.15, -0.1) is 0 Å². The smallest absolute Gasteiger partial charge is 0.234 e.